The van der Waals surface area contributed by atoms with Crippen LogP contribution in [0, 0.1) is 6.92 Å². The van der Waals surface area contributed by atoms with E-state index in [4.69, 9.17) is 4.74 Å². The molecule has 0 saturated carbocycles. The van der Waals surface area contributed by atoms with Crippen molar-refractivity contribution in [2.45, 2.75) is 33.1 Å². The van der Waals surface area contributed by atoms with Crippen LogP contribution < -0.4 is 10.2 Å². The number of hydrogen-bond donors (Lipinski definition) is 0. The molecule has 0 spiro atoms. The average Bonchev–Trinajstić information content (AvgIpc) is 2.51. The lowest BCUT2D eigenvalue weighted by atomic mass is 9.87. The van der Waals surface area contributed by atoms with Gasteiger partial charge in [-0.15, -0.1) is 0 Å². The SMILES string of the molecule is Bc1cc(CCCC)cc(C(=C)c2ccc(OC)c(C)c2)c1. The summed E-state index contributed by atoms with van der Waals surface area (Å²) >= 11 is 0. The molecule has 0 atom stereocenters. The van der Waals surface area contributed by atoms with Crippen LogP contribution in [0.2, 0.25) is 0 Å². The highest BCUT2D eigenvalue weighted by Crippen LogP contribution is 2.26. The van der Waals surface area contributed by atoms with Crippen molar-refractivity contribution < 1.29 is 4.74 Å². The first-order valence-electron chi connectivity index (χ1n) is 8.00. The molecule has 0 fully saturated rings. The molecule has 0 N–H and O–H groups in total. The minimum atomic E-state index is 0.921. The Labute approximate surface area is 135 Å². The molecule has 0 unspecified atom stereocenters. The van der Waals surface area contributed by atoms with E-state index in [1.54, 1.807) is 7.11 Å². The quantitative estimate of drug-likeness (QED) is 0.738. The molecular formula is C20H25BO. The summed E-state index contributed by atoms with van der Waals surface area (Å²) in [6, 6.07) is 13.0. The molecule has 0 bridgehead atoms. The molecule has 1 nitrogen and oxygen atoms in total. The molecule has 0 aliphatic carbocycles. The molecule has 2 aromatic carbocycles. The normalized spacial score (nSPS) is 10.5. The Hall–Kier alpha value is -1.96. The molecule has 114 valence electrons. The zero-order chi connectivity index (χ0) is 16.1. The first kappa shape index (κ1) is 16.4. The molecule has 0 aliphatic rings. The average molecular weight is 292 g/mol. The van der Waals surface area contributed by atoms with Crippen molar-refractivity contribution in [2.24, 2.45) is 0 Å². The molecule has 0 radical (unpaired) electrons. The van der Waals surface area contributed by atoms with Crippen molar-refractivity contribution in [1.29, 1.82) is 0 Å². The molecule has 0 aliphatic heterocycles. The highest BCUT2D eigenvalue weighted by Gasteiger charge is 2.07. The van der Waals surface area contributed by atoms with Gasteiger partial charge in [-0.3, -0.25) is 0 Å². The molecule has 0 saturated heterocycles. The molecular weight excluding hydrogens is 267 g/mol. The number of benzene rings is 2. The number of rotatable bonds is 6. The fourth-order valence-electron chi connectivity index (χ4n) is 2.79. The van der Waals surface area contributed by atoms with E-state index in [1.165, 1.54) is 29.4 Å². The second kappa shape index (κ2) is 7.35. The monoisotopic (exact) mass is 292 g/mol. The van der Waals surface area contributed by atoms with Crippen LogP contribution in [0.5, 0.6) is 5.75 Å². The predicted octanol–water partition coefficient (Wildman–Crippen LogP) is 3.67. The summed E-state index contributed by atoms with van der Waals surface area (Å²) in [4.78, 5) is 0. The van der Waals surface area contributed by atoms with Crippen LogP contribution in [0.4, 0.5) is 0 Å². The highest BCUT2D eigenvalue weighted by molar-refractivity contribution is 6.32. The van der Waals surface area contributed by atoms with Crippen molar-refractivity contribution in [3.8, 4) is 5.75 Å². The molecule has 2 rings (SSSR count). The molecule has 2 heteroatoms. The Kier molecular flexibility index (Phi) is 5.49. The van der Waals surface area contributed by atoms with Crippen molar-refractivity contribution in [2.75, 3.05) is 7.11 Å². The molecule has 0 aromatic heterocycles. The predicted molar refractivity (Wildman–Crippen MR) is 99.1 cm³/mol. The lowest BCUT2D eigenvalue weighted by Crippen LogP contribution is -2.06. The van der Waals surface area contributed by atoms with Gasteiger partial charge in [0, 0.05) is 0 Å². The van der Waals surface area contributed by atoms with Crippen LogP contribution in [0.15, 0.2) is 43.0 Å². The molecule has 2 aromatic rings. The Bertz CT molecular complexity index is 673. The van der Waals surface area contributed by atoms with E-state index in [0.717, 1.165) is 28.9 Å². The fraction of sp³-hybridized carbons (Fsp3) is 0.300. The van der Waals surface area contributed by atoms with E-state index in [-0.39, 0.29) is 0 Å². The van der Waals surface area contributed by atoms with Gasteiger partial charge in [-0.25, -0.2) is 0 Å². The standard InChI is InChI=1S/C20H25BO/c1-5-6-7-16-11-18(13-19(21)12-16)15(3)17-8-9-20(22-4)14(2)10-17/h8-13H,3,5-7,21H2,1-2,4H3. The smallest absolute Gasteiger partial charge is 0.139 e. The minimum Gasteiger partial charge on any atom is -0.496 e. The van der Waals surface area contributed by atoms with Crippen LogP contribution in [0.25, 0.3) is 5.57 Å². The van der Waals surface area contributed by atoms with Crippen LogP contribution in [0.1, 0.15) is 42.0 Å². The first-order chi connectivity index (χ1) is 10.5. The van der Waals surface area contributed by atoms with E-state index in [2.05, 4.69) is 58.6 Å². The second-order valence-corrected chi connectivity index (χ2v) is 5.97. The summed E-state index contributed by atoms with van der Waals surface area (Å²) < 4.78 is 5.34. The third-order valence-electron chi connectivity index (χ3n) is 4.05. The van der Waals surface area contributed by atoms with E-state index in [1.807, 2.05) is 6.07 Å². The summed E-state index contributed by atoms with van der Waals surface area (Å²) in [5, 5.41) is 0. The minimum absolute atomic E-state index is 0.921. The molecule has 0 heterocycles. The van der Waals surface area contributed by atoms with Gasteiger partial charge >= 0.3 is 0 Å². The Morgan fingerprint density at radius 1 is 1.14 bits per heavy atom. The largest absolute Gasteiger partial charge is 0.496 e. The van der Waals surface area contributed by atoms with Crippen molar-refractivity contribution in [1.82, 2.24) is 0 Å². The Morgan fingerprint density at radius 3 is 2.55 bits per heavy atom. The van der Waals surface area contributed by atoms with Gasteiger partial charge in [-0.05, 0) is 59.7 Å². The summed E-state index contributed by atoms with van der Waals surface area (Å²) in [5.41, 5.74) is 7.30. The van der Waals surface area contributed by atoms with Gasteiger partial charge in [0.05, 0.1) is 7.11 Å². The van der Waals surface area contributed by atoms with E-state index in [9.17, 15) is 0 Å². The maximum atomic E-state index is 5.34. The van der Waals surface area contributed by atoms with Crippen LogP contribution in [0.3, 0.4) is 0 Å². The van der Waals surface area contributed by atoms with Gasteiger partial charge in [0.15, 0.2) is 0 Å². The Balaban J connectivity index is 2.32. The maximum absolute atomic E-state index is 5.34. The van der Waals surface area contributed by atoms with Crippen LogP contribution >= 0.6 is 0 Å². The topological polar surface area (TPSA) is 9.23 Å². The molecule has 22 heavy (non-hydrogen) atoms. The van der Waals surface area contributed by atoms with E-state index >= 15 is 0 Å². The summed E-state index contributed by atoms with van der Waals surface area (Å²) in [7, 11) is 3.86. The molecule has 0 amide bonds. The number of hydrogen-bond acceptors (Lipinski definition) is 1. The van der Waals surface area contributed by atoms with Gasteiger partial charge < -0.3 is 4.74 Å². The number of unbranched alkanes of at least 4 members (excludes halogenated alkanes) is 1. The number of aryl methyl sites for hydroxylation is 2. The Morgan fingerprint density at radius 2 is 1.91 bits per heavy atom. The van der Waals surface area contributed by atoms with Crippen LogP contribution in [-0.2, 0) is 6.42 Å². The summed E-state index contributed by atoms with van der Waals surface area (Å²) in [6.07, 6.45) is 3.60. The van der Waals surface area contributed by atoms with Gasteiger partial charge in [0.25, 0.3) is 0 Å². The number of methoxy groups -OCH3 is 1. The summed E-state index contributed by atoms with van der Waals surface area (Å²) in [5.74, 6) is 0.921. The lowest BCUT2D eigenvalue weighted by molar-refractivity contribution is 0.411. The lowest BCUT2D eigenvalue weighted by Gasteiger charge is -2.12. The third-order valence-corrected chi connectivity index (χ3v) is 4.05. The summed E-state index contributed by atoms with van der Waals surface area (Å²) in [6.45, 7) is 8.61. The van der Waals surface area contributed by atoms with Crippen molar-refractivity contribution >= 4 is 18.9 Å². The zero-order valence-electron chi connectivity index (χ0n) is 14.2. The zero-order valence-corrected chi connectivity index (χ0v) is 14.2. The second-order valence-electron chi connectivity index (χ2n) is 5.97. The number of ether oxygens (including phenoxy) is 1. The van der Waals surface area contributed by atoms with Gasteiger partial charge in [-0.2, -0.15) is 0 Å². The van der Waals surface area contributed by atoms with Gasteiger partial charge in [-0.1, -0.05) is 49.7 Å². The van der Waals surface area contributed by atoms with Crippen LogP contribution in [-0.4, -0.2) is 15.0 Å². The van der Waals surface area contributed by atoms with Gasteiger partial charge in [0.2, 0.25) is 0 Å². The van der Waals surface area contributed by atoms with E-state index < -0.39 is 0 Å². The van der Waals surface area contributed by atoms with Crippen molar-refractivity contribution in [3.05, 3.63) is 65.2 Å². The highest BCUT2D eigenvalue weighted by atomic mass is 16.5. The van der Waals surface area contributed by atoms with Gasteiger partial charge in [0.1, 0.15) is 13.6 Å². The first-order valence-corrected chi connectivity index (χ1v) is 8.00. The fourth-order valence-corrected chi connectivity index (χ4v) is 2.79. The van der Waals surface area contributed by atoms with E-state index in [0.29, 0.717) is 0 Å². The van der Waals surface area contributed by atoms with Crippen molar-refractivity contribution in [3.63, 3.8) is 0 Å². The maximum Gasteiger partial charge on any atom is 0.139 e. The third kappa shape index (κ3) is 3.82.